The Kier molecular flexibility index (Phi) is 1.83. The van der Waals surface area contributed by atoms with Gasteiger partial charge in [0.15, 0.2) is 0 Å². The van der Waals surface area contributed by atoms with Gasteiger partial charge >= 0.3 is 5.66 Å². The van der Waals surface area contributed by atoms with Gasteiger partial charge in [-0.05, 0) is 43.9 Å². The fourth-order valence-electron chi connectivity index (χ4n) is 4.54. The molecule has 16 heavy (non-hydrogen) atoms. The molecule has 4 aliphatic rings. The molecule has 0 amide bonds. The van der Waals surface area contributed by atoms with Crippen LogP contribution in [0.25, 0.3) is 0 Å². The van der Waals surface area contributed by atoms with Crippen LogP contribution in [0.15, 0.2) is 0 Å². The van der Waals surface area contributed by atoms with Crippen molar-refractivity contribution in [3.8, 4) is 0 Å². The first-order valence-corrected chi connectivity index (χ1v) is 5.84. The van der Waals surface area contributed by atoms with Crippen LogP contribution in [-0.4, -0.2) is 15.5 Å². The van der Waals surface area contributed by atoms with Crippen molar-refractivity contribution in [3.63, 3.8) is 0 Å². The van der Waals surface area contributed by atoms with Gasteiger partial charge in [-0.25, -0.2) is 0 Å². The van der Waals surface area contributed by atoms with E-state index in [0.717, 1.165) is 6.42 Å². The van der Waals surface area contributed by atoms with Gasteiger partial charge in [0, 0.05) is 0 Å². The molecule has 4 bridgehead atoms. The zero-order chi connectivity index (χ0) is 11.5. The highest BCUT2D eigenvalue weighted by Gasteiger charge is 2.74. The van der Waals surface area contributed by atoms with Gasteiger partial charge in [-0.15, -0.1) is 0 Å². The lowest BCUT2D eigenvalue weighted by Gasteiger charge is -2.51. The van der Waals surface area contributed by atoms with Crippen LogP contribution in [0.2, 0.25) is 0 Å². The Labute approximate surface area is 92.3 Å². The summed E-state index contributed by atoms with van der Waals surface area (Å²) in [5.41, 5.74) is -1.85. The zero-order valence-electron chi connectivity index (χ0n) is 8.87. The van der Waals surface area contributed by atoms with E-state index >= 15 is 0 Å². The second kappa shape index (κ2) is 2.93. The molecule has 0 aromatic carbocycles. The van der Waals surface area contributed by atoms with Crippen molar-refractivity contribution in [2.24, 2.45) is 23.7 Å². The summed E-state index contributed by atoms with van der Waals surface area (Å²) in [5.74, 6) is 0.369. The lowest BCUT2D eigenvalue weighted by Crippen LogP contribution is -2.65. The molecule has 0 heterocycles. The van der Waals surface area contributed by atoms with Crippen LogP contribution >= 0.6 is 0 Å². The van der Waals surface area contributed by atoms with Gasteiger partial charge in [-0.1, -0.05) is 0 Å². The third-order valence-corrected chi connectivity index (χ3v) is 4.92. The van der Waals surface area contributed by atoms with Gasteiger partial charge in [0.25, 0.3) is 0 Å². The maximum Gasteiger partial charge on any atom is 0.463 e. The Hall–Kier alpha value is -1.20. The normalized spacial score (nSPS) is 43.2. The van der Waals surface area contributed by atoms with E-state index in [-0.39, 0.29) is 11.8 Å². The molecule has 0 radical (unpaired) electrons. The standard InChI is InChI=1S/C10H14N2O4/c13-11(14)10(12(15)16)8-2-6-1-7(4-8)5-9(10)3-6/h6-9H,1-5H2. The van der Waals surface area contributed by atoms with Crippen molar-refractivity contribution in [1.29, 1.82) is 0 Å². The molecule has 4 saturated carbocycles. The summed E-state index contributed by atoms with van der Waals surface area (Å²) in [6.45, 7) is 0. The van der Waals surface area contributed by atoms with Crippen LogP contribution < -0.4 is 0 Å². The number of nitro groups is 2. The topological polar surface area (TPSA) is 86.3 Å². The van der Waals surface area contributed by atoms with Gasteiger partial charge in [0.05, 0.1) is 9.85 Å². The summed E-state index contributed by atoms with van der Waals surface area (Å²) in [6.07, 6.45) is 3.90. The molecule has 0 saturated heterocycles. The van der Waals surface area contributed by atoms with Crippen LogP contribution in [0.1, 0.15) is 32.1 Å². The maximum absolute atomic E-state index is 11.2. The summed E-state index contributed by atoms with van der Waals surface area (Å²) in [5, 5.41) is 22.4. The first-order valence-electron chi connectivity index (χ1n) is 5.84. The molecular weight excluding hydrogens is 212 g/mol. The van der Waals surface area contributed by atoms with E-state index in [1.54, 1.807) is 0 Å². The lowest BCUT2D eigenvalue weighted by molar-refractivity contribution is -0.824. The molecule has 4 rings (SSSR count). The fraction of sp³-hybridized carbons (Fsp3) is 1.00. The largest absolute Gasteiger partial charge is 0.463 e. The molecule has 6 heteroatoms. The Balaban J connectivity index is 2.06. The highest BCUT2D eigenvalue weighted by molar-refractivity contribution is 5.02. The van der Waals surface area contributed by atoms with E-state index in [1.165, 1.54) is 0 Å². The van der Waals surface area contributed by atoms with E-state index in [9.17, 15) is 20.2 Å². The molecule has 0 spiro atoms. The van der Waals surface area contributed by atoms with Crippen molar-refractivity contribution in [2.75, 3.05) is 0 Å². The summed E-state index contributed by atoms with van der Waals surface area (Å²) in [7, 11) is 0. The molecule has 0 aliphatic heterocycles. The second-order valence-electron chi connectivity index (χ2n) is 5.60. The fourth-order valence-corrected chi connectivity index (χ4v) is 4.54. The highest BCUT2D eigenvalue weighted by atomic mass is 16.7. The SMILES string of the molecule is O=[N+]([O-])C1([N+](=O)[O-])C2CC3CC(C2)CC1C3. The minimum Gasteiger partial charge on any atom is -0.258 e. The molecule has 4 fully saturated rings. The van der Waals surface area contributed by atoms with Crippen LogP contribution in [0.4, 0.5) is 0 Å². The first-order chi connectivity index (χ1) is 7.55. The highest BCUT2D eigenvalue weighted by Crippen LogP contribution is 2.59. The quantitative estimate of drug-likeness (QED) is 0.407. The maximum atomic E-state index is 11.2. The molecule has 0 unspecified atom stereocenters. The first kappa shape index (κ1) is 9.99. The van der Waals surface area contributed by atoms with Crippen molar-refractivity contribution >= 4 is 0 Å². The molecular formula is C10H14N2O4. The monoisotopic (exact) mass is 226 g/mol. The molecule has 0 atom stereocenters. The summed E-state index contributed by atoms with van der Waals surface area (Å²) < 4.78 is 0. The van der Waals surface area contributed by atoms with Crippen LogP contribution in [0.5, 0.6) is 0 Å². The third-order valence-electron chi connectivity index (χ3n) is 4.92. The van der Waals surface area contributed by atoms with Crippen molar-refractivity contribution < 1.29 is 9.85 Å². The summed E-state index contributed by atoms with van der Waals surface area (Å²) >= 11 is 0. The van der Waals surface area contributed by atoms with Crippen LogP contribution in [-0.2, 0) is 0 Å². The van der Waals surface area contributed by atoms with E-state index in [1.807, 2.05) is 0 Å². The Morgan fingerprint density at radius 1 is 0.812 bits per heavy atom. The lowest BCUT2D eigenvalue weighted by atomic mass is 9.51. The van der Waals surface area contributed by atoms with Gasteiger partial charge in [0.1, 0.15) is 11.8 Å². The van der Waals surface area contributed by atoms with Gasteiger partial charge < -0.3 is 0 Å². The molecule has 0 N–H and O–H groups in total. The number of rotatable bonds is 2. The van der Waals surface area contributed by atoms with Crippen molar-refractivity contribution in [2.45, 2.75) is 37.8 Å². The van der Waals surface area contributed by atoms with E-state index in [2.05, 4.69) is 0 Å². The summed E-state index contributed by atoms with van der Waals surface area (Å²) in [4.78, 5) is 21.2. The molecule has 0 aromatic rings. The average Bonchev–Trinajstić information content (AvgIpc) is 2.14. The Morgan fingerprint density at radius 3 is 1.50 bits per heavy atom. The number of hydrogen-bond donors (Lipinski definition) is 0. The molecule has 0 aromatic heterocycles. The van der Waals surface area contributed by atoms with Crippen molar-refractivity contribution in [1.82, 2.24) is 0 Å². The van der Waals surface area contributed by atoms with Gasteiger partial charge in [-0.2, -0.15) is 0 Å². The predicted molar refractivity (Wildman–Crippen MR) is 53.8 cm³/mol. The third kappa shape index (κ3) is 0.973. The smallest absolute Gasteiger partial charge is 0.258 e. The van der Waals surface area contributed by atoms with E-state index < -0.39 is 15.5 Å². The van der Waals surface area contributed by atoms with Crippen LogP contribution in [0.3, 0.4) is 0 Å². The van der Waals surface area contributed by atoms with Crippen molar-refractivity contribution in [3.05, 3.63) is 20.2 Å². The number of nitrogens with zero attached hydrogens (tertiary/aromatic N) is 2. The van der Waals surface area contributed by atoms with Gasteiger partial charge in [-0.3, -0.25) is 20.2 Å². The van der Waals surface area contributed by atoms with E-state index in [4.69, 9.17) is 0 Å². The Morgan fingerprint density at radius 2 is 1.19 bits per heavy atom. The Bertz CT molecular complexity index is 324. The number of hydrogen-bond acceptors (Lipinski definition) is 4. The van der Waals surface area contributed by atoms with E-state index in [0.29, 0.717) is 37.5 Å². The summed E-state index contributed by atoms with van der Waals surface area (Å²) in [6, 6.07) is 0. The second-order valence-corrected chi connectivity index (χ2v) is 5.60. The predicted octanol–water partition coefficient (Wildman–Crippen LogP) is 1.69. The average molecular weight is 226 g/mol. The molecule has 6 nitrogen and oxygen atoms in total. The minimum absolute atomic E-state index is 0.325. The van der Waals surface area contributed by atoms with Crippen LogP contribution in [0, 0.1) is 43.9 Å². The minimum atomic E-state index is -1.85. The molecule has 4 aliphatic carbocycles. The van der Waals surface area contributed by atoms with Gasteiger partial charge in [0.2, 0.25) is 0 Å². The molecule has 88 valence electrons. The zero-order valence-corrected chi connectivity index (χ0v) is 8.87.